The standard InChI is InChI=1S/C20H23F3N2O4S2/c1-19(27,20(21,22)23)14-6-8-15(9-7-14)25-11-10-24(12-16(25)13-26)31(28,29)18-5-3-2-4-17(18)30/h2-9,16,26-27,30H,10-13H2,1H3/t16-,19+/m0/s1. The van der Waals surface area contributed by atoms with E-state index in [1.54, 1.807) is 23.1 Å². The Kier molecular flexibility index (Phi) is 6.64. The topological polar surface area (TPSA) is 81.1 Å². The first-order valence-electron chi connectivity index (χ1n) is 9.45. The zero-order chi connectivity index (χ0) is 23.0. The highest BCUT2D eigenvalue weighted by Crippen LogP contribution is 2.39. The molecule has 0 aromatic heterocycles. The predicted molar refractivity (Wildman–Crippen MR) is 113 cm³/mol. The number of halogens is 3. The summed E-state index contributed by atoms with van der Waals surface area (Å²) in [6.45, 7) is 0.693. The van der Waals surface area contributed by atoms with Crippen molar-refractivity contribution in [2.45, 2.75) is 34.5 Å². The molecule has 1 aliphatic rings. The first-order chi connectivity index (χ1) is 14.4. The fraction of sp³-hybridized carbons (Fsp3) is 0.400. The van der Waals surface area contributed by atoms with Gasteiger partial charge in [-0.2, -0.15) is 17.5 Å². The fourth-order valence-electron chi connectivity index (χ4n) is 3.50. The van der Waals surface area contributed by atoms with Crippen LogP contribution in [0.4, 0.5) is 18.9 Å². The number of nitrogens with zero attached hydrogens (tertiary/aromatic N) is 2. The van der Waals surface area contributed by atoms with Crippen molar-refractivity contribution in [3.63, 3.8) is 0 Å². The number of anilines is 1. The van der Waals surface area contributed by atoms with Crippen LogP contribution in [0.15, 0.2) is 58.3 Å². The SMILES string of the molecule is C[C@@](O)(c1ccc(N2CCN(S(=O)(=O)c3ccccc3S)C[C@H]2CO)cc1)C(F)(F)F. The van der Waals surface area contributed by atoms with Gasteiger partial charge in [0.2, 0.25) is 10.0 Å². The smallest absolute Gasteiger partial charge is 0.394 e. The summed E-state index contributed by atoms with van der Waals surface area (Å²) in [5.74, 6) is 0. The molecule has 2 N–H and O–H groups in total. The molecular weight excluding hydrogens is 453 g/mol. The van der Waals surface area contributed by atoms with E-state index in [9.17, 15) is 31.8 Å². The van der Waals surface area contributed by atoms with Gasteiger partial charge in [-0.25, -0.2) is 8.42 Å². The maximum atomic E-state index is 13.1. The van der Waals surface area contributed by atoms with Crippen LogP contribution in [0.5, 0.6) is 0 Å². The van der Waals surface area contributed by atoms with Crippen molar-refractivity contribution in [3.8, 4) is 0 Å². The number of hydrogen-bond acceptors (Lipinski definition) is 6. The van der Waals surface area contributed by atoms with E-state index in [0.29, 0.717) is 17.5 Å². The Morgan fingerprint density at radius 3 is 2.26 bits per heavy atom. The van der Waals surface area contributed by atoms with Crippen molar-refractivity contribution in [2.75, 3.05) is 31.1 Å². The van der Waals surface area contributed by atoms with Crippen LogP contribution in [0.25, 0.3) is 0 Å². The molecular formula is C20H23F3N2O4S2. The molecule has 0 amide bonds. The Hall–Kier alpha value is -1.79. The first-order valence-corrected chi connectivity index (χ1v) is 11.3. The molecule has 170 valence electrons. The van der Waals surface area contributed by atoms with Crippen molar-refractivity contribution in [1.82, 2.24) is 4.31 Å². The van der Waals surface area contributed by atoms with Crippen molar-refractivity contribution >= 4 is 28.3 Å². The van der Waals surface area contributed by atoms with Crippen LogP contribution in [-0.2, 0) is 15.6 Å². The van der Waals surface area contributed by atoms with Gasteiger partial charge in [-0.05, 0) is 36.8 Å². The van der Waals surface area contributed by atoms with Crippen molar-refractivity contribution < 1.29 is 31.8 Å². The highest BCUT2D eigenvalue weighted by Gasteiger charge is 2.51. The van der Waals surface area contributed by atoms with Gasteiger partial charge in [-0.15, -0.1) is 12.6 Å². The van der Waals surface area contributed by atoms with E-state index in [-0.39, 0.29) is 36.7 Å². The number of aliphatic hydroxyl groups excluding tert-OH is 1. The van der Waals surface area contributed by atoms with Crippen molar-refractivity contribution in [3.05, 3.63) is 54.1 Å². The number of aliphatic hydroxyl groups is 2. The monoisotopic (exact) mass is 476 g/mol. The number of thiol groups is 1. The molecule has 0 spiro atoms. The first kappa shape index (κ1) is 23.9. The van der Waals surface area contributed by atoms with Gasteiger partial charge in [0.1, 0.15) is 0 Å². The third-order valence-corrected chi connectivity index (χ3v) is 7.92. The zero-order valence-corrected chi connectivity index (χ0v) is 18.3. The van der Waals surface area contributed by atoms with Crippen LogP contribution in [-0.4, -0.2) is 61.4 Å². The van der Waals surface area contributed by atoms with E-state index in [4.69, 9.17) is 0 Å². The minimum absolute atomic E-state index is 0.00294. The Morgan fingerprint density at radius 1 is 1.10 bits per heavy atom. The van der Waals surface area contributed by atoms with Crippen LogP contribution in [0.1, 0.15) is 12.5 Å². The molecule has 0 radical (unpaired) electrons. The number of benzene rings is 2. The van der Waals surface area contributed by atoms with Gasteiger partial charge in [-0.3, -0.25) is 0 Å². The molecule has 11 heteroatoms. The number of hydrogen-bond donors (Lipinski definition) is 3. The summed E-state index contributed by atoms with van der Waals surface area (Å²) < 4.78 is 66.4. The lowest BCUT2D eigenvalue weighted by atomic mass is 9.95. The van der Waals surface area contributed by atoms with E-state index in [0.717, 1.165) is 0 Å². The fourth-order valence-corrected chi connectivity index (χ4v) is 5.55. The lowest BCUT2D eigenvalue weighted by Gasteiger charge is -2.41. The van der Waals surface area contributed by atoms with Gasteiger partial charge in [-0.1, -0.05) is 24.3 Å². The summed E-state index contributed by atoms with van der Waals surface area (Å²) in [5.41, 5.74) is -2.78. The molecule has 2 aromatic rings. The Balaban J connectivity index is 1.81. The summed E-state index contributed by atoms with van der Waals surface area (Å²) in [6.07, 6.45) is -4.83. The maximum Gasteiger partial charge on any atom is 0.421 e. The molecule has 0 aliphatic carbocycles. The molecule has 0 saturated carbocycles. The molecule has 1 aliphatic heterocycles. The second-order valence-corrected chi connectivity index (χ2v) is 9.87. The molecule has 31 heavy (non-hydrogen) atoms. The largest absolute Gasteiger partial charge is 0.421 e. The number of piperazine rings is 1. The van der Waals surface area contributed by atoms with E-state index < -0.39 is 27.8 Å². The van der Waals surface area contributed by atoms with Gasteiger partial charge in [0.15, 0.2) is 5.60 Å². The average Bonchev–Trinajstić information content (AvgIpc) is 2.72. The molecule has 6 nitrogen and oxygen atoms in total. The van der Waals surface area contributed by atoms with Gasteiger partial charge in [0, 0.05) is 30.2 Å². The quantitative estimate of drug-likeness (QED) is 0.578. The van der Waals surface area contributed by atoms with Crippen LogP contribution in [0, 0.1) is 0 Å². The average molecular weight is 477 g/mol. The summed E-state index contributed by atoms with van der Waals surface area (Å²) >= 11 is 4.22. The van der Waals surface area contributed by atoms with Crippen molar-refractivity contribution in [1.29, 1.82) is 0 Å². The number of alkyl halides is 3. The number of sulfonamides is 1. The molecule has 1 saturated heterocycles. The predicted octanol–water partition coefficient (Wildman–Crippen LogP) is 2.62. The van der Waals surface area contributed by atoms with Crippen LogP contribution in [0.2, 0.25) is 0 Å². The van der Waals surface area contributed by atoms with Crippen molar-refractivity contribution in [2.24, 2.45) is 0 Å². The van der Waals surface area contributed by atoms with E-state index in [1.807, 2.05) is 0 Å². The molecule has 2 aromatic carbocycles. The Morgan fingerprint density at radius 2 is 1.71 bits per heavy atom. The maximum absolute atomic E-state index is 13.1. The van der Waals surface area contributed by atoms with Gasteiger partial charge < -0.3 is 15.1 Å². The van der Waals surface area contributed by atoms with Gasteiger partial charge in [0.25, 0.3) is 0 Å². The number of rotatable bonds is 5. The summed E-state index contributed by atoms with van der Waals surface area (Å²) in [4.78, 5) is 2.13. The van der Waals surface area contributed by atoms with Crippen LogP contribution < -0.4 is 4.90 Å². The third kappa shape index (κ3) is 4.56. The van der Waals surface area contributed by atoms with E-state index >= 15 is 0 Å². The molecule has 1 fully saturated rings. The highest BCUT2D eigenvalue weighted by molar-refractivity contribution is 7.90. The van der Waals surface area contributed by atoms with Crippen LogP contribution in [0.3, 0.4) is 0 Å². The van der Waals surface area contributed by atoms with E-state index in [1.165, 1.54) is 34.6 Å². The Bertz CT molecular complexity index is 1030. The Labute approximate surface area is 184 Å². The molecule has 0 unspecified atom stereocenters. The third-order valence-electron chi connectivity index (χ3n) is 5.45. The second kappa shape index (κ2) is 8.62. The lowest BCUT2D eigenvalue weighted by molar-refractivity contribution is -0.258. The lowest BCUT2D eigenvalue weighted by Crippen LogP contribution is -2.56. The summed E-state index contributed by atoms with van der Waals surface area (Å²) in [7, 11) is -3.82. The van der Waals surface area contributed by atoms with Gasteiger partial charge in [0.05, 0.1) is 17.5 Å². The normalized spacial score (nSPS) is 20.5. The zero-order valence-electron chi connectivity index (χ0n) is 16.6. The minimum atomic E-state index is -4.83. The minimum Gasteiger partial charge on any atom is -0.394 e. The van der Waals surface area contributed by atoms with E-state index in [2.05, 4.69) is 12.6 Å². The summed E-state index contributed by atoms with van der Waals surface area (Å²) in [6, 6.07) is 10.9. The second-order valence-electron chi connectivity index (χ2n) is 7.48. The molecule has 2 atom stereocenters. The van der Waals surface area contributed by atoms with Gasteiger partial charge >= 0.3 is 6.18 Å². The molecule has 0 bridgehead atoms. The molecule has 3 rings (SSSR count). The molecule has 1 heterocycles. The highest BCUT2D eigenvalue weighted by atomic mass is 32.2. The van der Waals surface area contributed by atoms with Crippen LogP contribution >= 0.6 is 12.6 Å². The summed E-state index contributed by atoms with van der Waals surface area (Å²) in [5, 5.41) is 19.7.